The van der Waals surface area contributed by atoms with Crippen LogP contribution in [-0.4, -0.2) is 12.1 Å². The molecular formula is C9H6F7N. The van der Waals surface area contributed by atoms with Crippen LogP contribution in [0.1, 0.15) is 11.6 Å². The van der Waals surface area contributed by atoms with E-state index in [1.54, 1.807) is 0 Å². The Morgan fingerprint density at radius 2 is 1.53 bits per heavy atom. The van der Waals surface area contributed by atoms with Crippen LogP contribution in [-0.2, 0) is 0 Å². The number of hydrogen-bond donors (Lipinski definition) is 1. The van der Waals surface area contributed by atoms with E-state index in [0.29, 0.717) is 12.1 Å². The summed E-state index contributed by atoms with van der Waals surface area (Å²) in [6.07, 6.45) is -5.94. The van der Waals surface area contributed by atoms with Gasteiger partial charge in [-0.3, -0.25) is 0 Å². The molecule has 0 amide bonds. The van der Waals surface area contributed by atoms with E-state index in [0.717, 1.165) is 0 Å². The Kier molecular flexibility index (Phi) is 3.37. The topological polar surface area (TPSA) is 26.0 Å². The second-order valence-electron chi connectivity index (χ2n) is 3.26. The van der Waals surface area contributed by atoms with Crippen molar-refractivity contribution >= 4 is 0 Å². The Balaban J connectivity index is 3.21. The lowest BCUT2D eigenvalue weighted by molar-refractivity contribution is -0.291. The van der Waals surface area contributed by atoms with Crippen LogP contribution in [0.2, 0.25) is 0 Å². The lowest BCUT2D eigenvalue weighted by Gasteiger charge is -2.26. The molecule has 8 heteroatoms. The molecule has 0 saturated carbocycles. The molecule has 1 nitrogen and oxygen atoms in total. The summed E-state index contributed by atoms with van der Waals surface area (Å²) < 4.78 is 87.1. The molecule has 0 aliphatic rings. The van der Waals surface area contributed by atoms with Gasteiger partial charge in [0, 0.05) is 5.56 Å². The minimum absolute atomic E-state index is 0.208. The Labute approximate surface area is 91.0 Å². The first-order valence-corrected chi connectivity index (χ1v) is 4.22. The van der Waals surface area contributed by atoms with Crippen LogP contribution in [0.5, 0.6) is 0 Å². The third-order valence-corrected chi connectivity index (χ3v) is 2.06. The van der Waals surface area contributed by atoms with Crippen LogP contribution in [0.25, 0.3) is 0 Å². The van der Waals surface area contributed by atoms with Gasteiger partial charge in [-0.05, 0) is 18.2 Å². The van der Waals surface area contributed by atoms with E-state index in [2.05, 4.69) is 5.73 Å². The van der Waals surface area contributed by atoms with Gasteiger partial charge in [-0.1, -0.05) is 0 Å². The molecule has 0 saturated heterocycles. The minimum atomic E-state index is -5.94. The van der Waals surface area contributed by atoms with Crippen LogP contribution in [0, 0.1) is 11.6 Å². The number of nitrogens with two attached hydrogens (primary N) is 1. The average molecular weight is 261 g/mol. The third-order valence-electron chi connectivity index (χ3n) is 2.06. The fourth-order valence-electron chi connectivity index (χ4n) is 1.12. The Bertz CT molecular complexity index is 412. The first kappa shape index (κ1) is 13.8. The van der Waals surface area contributed by atoms with Gasteiger partial charge in [0.25, 0.3) is 0 Å². The van der Waals surface area contributed by atoms with E-state index >= 15 is 0 Å². The van der Waals surface area contributed by atoms with Crippen LogP contribution in [0.3, 0.4) is 0 Å². The zero-order valence-corrected chi connectivity index (χ0v) is 8.03. The van der Waals surface area contributed by atoms with Crippen LogP contribution >= 0.6 is 0 Å². The molecule has 0 radical (unpaired) electrons. The summed E-state index contributed by atoms with van der Waals surface area (Å²) >= 11 is 0. The molecule has 1 aromatic rings. The quantitative estimate of drug-likeness (QED) is 0.813. The summed E-state index contributed by atoms with van der Waals surface area (Å²) in [5.41, 5.74) is 3.42. The molecule has 17 heavy (non-hydrogen) atoms. The molecule has 1 rings (SSSR count). The molecule has 0 bridgehead atoms. The molecule has 96 valence electrons. The van der Waals surface area contributed by atoms with Crippen LogP contribution < -0.4 is 5.73 Å². The molecule has 2 N–H and O–H groups in total. The highest BCUT2D eigenvalue weighted by Crippen LogP contribution is 2.43. The number of alkyl halides is 5. The zero-order chi connectivity index (χ0) is 13.4. The van der Waals surface area contributed by atoms with Crippen LogP contribution in [0.4, 0.5) is 30.7 Å². The van der Waals surface area contributed by atoms with Crippen molar-refractivity contribution < 1.29 is 30.7 Å². The maximum atomic E-state index is 13.0. The number of halogens is 7. The lowest BCUT2D eigenvalue weighted by atomic mass is 10.0. The summed E-state index contributed by atoms with van der Waals surface area (Å²) in [5, 5.41) is 0. The fourth-order valence-corrected chi connectivity index (χ4v) is 1.12. The van der Waals surface area contributed by atoms with Gasteiger partial charge in [0.15, 0.2) is 0 Å². The Morgan fingerprint density at radius 3 is 2.00 bits per heavy atom. The third kappa shape index (κ3) is 2.51. The average Bonchev–Trinajstić information content (AvgIpc) is 2.19. The molecule has 1 aromatic carbocycles. The van der Waals surface area contributed by atoms with Crippen molar-refractivity contribution in [2.24, 2.45) is 5.73 Å². The molecule has 0 unspecified atom stereocenters. The highest BCUT2D eigenvalue weighted by atomic mass is 19.4. The van der Waals surface area contributed by atoms with E-state index in [9.17, 15) is 30.7 Å². The zero-order valence-electron chi connectivity index (χ0n) is 8.03. The Hall–Kier alpha value is -1.31. The van der Waals surface area contributed by atoms with Gasteiger partial charge < -0.3 is 5.73 Å². The van der Waals surface area contributed by atoms with E-state index in [4.69, 9.17) is 0 Å². The Morgan fingerprint density at radius 1 is 1.00 bits per heavy atom. The molecular weight excluding hydrogens is 255 g/mol. The lowest BCUT2D eigenvalue weighted by Crippen LogP contribution is -2.46. The molecule has 1 atom stereocenters. The predicted octanol–water partition coefficient (Wildman–Crippen LogP) is 3.16. The number of benzene rings is 1. The van der Waals surface area contributed by atoms with E-state index in [1.807, 2.05) is 0 Å². The second-order valence-corrected chi connectivity index (χ2v) is 3.26. The molecule has 0 aliphatic carbocycles. The fraction of sp³-hybridized carbons (Fsp3) is 0.333. The minimum Gasteiger partial charge on any atom is -0.319 e. The smallest absolute Gasteiger partial charge is 0.319 e. The summed E-state index contributed by atoms with van der Waals surface area (Å²) in [6.45, 7) is 0. The first-order chi connectivity index (χ1) is 7.57. The normalized spacial score (nSPS) is 14.8. The van der Waals surface area contributed by atoms with Gasteiger partial charge in [0.1, 0.15) is 17.7 Å². The maximum absolute atomic E-state index is 13.0. The van der Waals surface area contributed by atoms with Crippen molar-refractivity contribution in [2.75, 3.05) is 0 Å². The van der Waals surface area contributed by atoms with E-state index in [-0.39, 0.29) is 6.07 Å². The maximum Gasteiger partial charge on any atom is 0.455 e. The van der Waals surface area contributed by atoms with Gasteiger partial charge in [-0.25, -0.2) is 8.78 Å². The van der Waals surface area contributed by atoms with Gasteiger partial charge in [-0.15, -0.1) is 0 Å². The van der Waals surface area contributed by atoms with Crippen molar-refractivity contribution in [3.63, 3.8) is 0 Å². The molecule has 0 fully saturated rings. The molecule has 0 spiro atoms. The highest BCUT2D eigenvalue weighted by Gasteiger charge is 2.62. The molecule has 0 aromatic heterocycles. The highest BCUT2D eigenvalue weighted by molar-refractivity contribution is 5.24. The monoisotopic (exact) mass is 261 g/mol. The SMILES string of the molecule is N[C@@H](c1cc(F)ccc1F)C(F)(F)C(F)(F)F. The second kappa shape index (κ2) is 4.17. The predicted molar refractivity (Wildman–Crippen MR) is 44.3 cm³/mol. The van der Waals surface area contributed by atoms with Crippen molar-refractivity contribution in [1.29, 1.82) is 0 Å². The largest absolute Gasteiger partial charge is 0.455 e. The van der Waals surface area contributed by atoms with E-state index in [1.165, 1.54) is 0 Å². The van der Waals surface area contributed by atoms with Gasteiger partial charge in [0.05, 0.1) is 0 Å². The van der Waals surface area contributed by atoms with Crippen LogP contribution in [0.15, 0.2) is 18.2 Å². The number of rotatable bonds is 2. The molecule has 0 aliphatic heterocycles. The standard InChI is InChI=1S/C9H6F7N/c10-4-1-2-6(11)5(3-4)7(17)8(12,13)9(14,15)16/h1-3,7H,17H2/t7-/m0/s1. The summed E-state index contributed by atoms with van der Waals surface area (Å²) in [7, 11) is 0. The van der Waals surface area contributed by atoms with Gasteiger partial charge >= 0.3 is 12.1 Å². The number of hydrogen-bond acceptors (Lipinski definition) is 1. The van der Waals surface area contributed by atoms with Crippen molar-refractivity contribution in [1.82, 2.24) is 0 Å². The van der Waals surface area contributed by atoms with E-state index < -0.39 is 35.3 Å². The first-order valence-electron chi connectivity index (χ1n) is 4.22. The summed E-state index contributed by atoms with van der Waals surface area (Å²) in [6, 6.07) is -1.79. The van der Waals surface area contributed by atoms with Crippen molar-refractivity contribution in [2.45, 2.75) is 18.1 Å². The van der Waals surface area contributed by atoms with Gasteiger partial charge in [-0.2, -0.15) is 22.0 Å². The van der Waals surface area contributed by atoms with Gasteiger partial charge in [0.2, 0.25) is 0 Å². The summed E-state index contributed by atoms with van der Waals surface area (Å²) in [4.78, 5) is 0. The summed E-state index contributed by atoms with van der Waals surface area (Å²) in [5.74, 6) is -7.93. The van der Waals surface area contributed by atoms with Crippen molar-refractivity contribution in [3.8, 4) is 0 Å². The van der Waals surface area contributed by atoms with Crippen molar-refractivity contribution in [3.05, 3.63) is 35.4 Å². The molecule has 0 heterocycles.